The van der Waals surface area contributed by atoms with E-state index < -0.39 is 0 Å². The lowest BCUT2D eigenvalue weighted by atomic mass is 10.3. The van der Waals surface area contributed by atoms with Gasteiger partial charge >= 0.3 is 0 Å². The van der Waals surface area contributed by atoms with Gasteiger partial charge in [0.15, 0.2) is 21.7 Å². The van der Waals surface area contributed by atoms with Gasteiger partial charge in [0, 0.05) is 35.9 Å². The van der Waals surface area contributed by atoms with E-state index in [1.807, 2.05) is 24.3 Å². The molecule has 0 unspecified atom stereocenters. The molecule has 7 aromatic heterocycles. The quantitative estimate of drug-likeness (QED) is 0.364. The van der Waals surface area contributed by atoms with Crippen LogP contribution in [0.25, 0.3) is 52.5 Å². The number of pyridine rings is 2. The number of aromatic nitrogens is 10. The Morgan fingerprint density at radius 2 is 1.09 bits per heavy atom. The first-order valence-corrected chi connectivity index (χ1v) is 12.1. The second kappa shape index (κ2) is 7.30. The van der Waals surface area contributed by atoms with Gasteiger partial charge in [-0.2, -0.15) is 19.2 Å². The Bertz CT molecular complexity index is 1600. The minimum atomic E-state index is 0.675. The zero-order valence-corrected chi connectivity index (χ0v) is 18.9. The molecule has 0 aliphatic carbocycles. The van der Waals surface area contributed by atoms with Crippen LogP contribution in [-0.4, -0.2) is 49.6 Å². The van der Waals surface area contributed by atoms with Crippen LogP contribution in [0.15, 0.2) is 61.2 Å². The molecule has 0 aromatic carbocycles. The summed E-state index contributed by atoms with van der Waals surface area (Å²) in [5, 5.41) is 28.3. The Labute approximate surface area is 196 Å². The van der Waals surface area contributed by atoms with E-state index in [2.05, 4.69) is 42.5 Å². The molecule has 13 heteroatoms. The van der Waals surface area contributed by atoms with Crippen molar-refractivity contribution in [1.29, 1.82) is 0 Å². The standard InChI is InChI=1S/C20H10N10S3/c1-3-11(9-21-7-1)15-23-25-19-29(15)27-17(32-19)13-5-6-14(31-13)18-28-30-16(24-26-20(30)33-18)12-4-2-8-22-10-12/h1-10H. The van der Waals surface area contributed by atoms with Gasteiger partial charge in [0.2, 0.25) is 9.92 Å². The summed E-state index contributed by atoms with van der Waals surface area (Å²) in [6.45, 7) is 0. The van der Waals surface area contributed by atoms with E-state index in [-0.39, 0.29) is 0 Å². The molecule has 0 amide bonds. The van der Waals surface area contributed by atoms with Gasteiger partial charge in [-0.25, -0.2) is 0 Å². The lowest BCUT2D eigenvalue weighted by Crippen LogP contribution is -1.91. The topological polar surface area (TPSA) is 112 Å². The molecule has 0 saturated carbocycles. The zero-order chi connectivity index (χ0) is 21.8. The molecule has 0 saturated heterocycles. The minimum absolute atomic E-state index is 0.675. The van der Waals surface area contributed by atoms with Crippen molar-refractivity contribution >= 4 is 43.9 Å². The van der Waals surface area contributed by atoms with E-state index >= 15 is 0 Å². The van der Waals surface area contributed by atoms with Crippen LogP contribution in [0.3, 0.4) is 0 Å². The smallest absolute Gasteiger partial charge is 0.235 e. The molecule has 0 bridgehead atoms. The molecule has 0 atom stereocenters. The summed E-state index contributed by atoms with van der Waals surface area (Å²) in [6.07, 6.45) is 6.97. The Hall–Kier alpha value is -3.94. The fourth-order valence-corrected chi connectivity index (χ4v) is 6.14. The SMILES string of the molecule is c1cncc(-c2nnc3sc(-c4ccc(-c5nn6c(-c7cccnc7)nnc6s5)s4)nn23)c1. The number of fused-ring (bicyclic) bond motifs is 2. The normalized spacial score (nSPS) is 11.6. The number of hydrogen-bond acceptors (Lipinski definition) is 11. The van der Waals surface area contributed by atoms with Crippen molar-refractivity contribution in [3.05, 3.63) is 61.2 Å². The largest absolute Gasteiger partial charge is 0.264 e. The maximum absolute atomic E-state index is 4.75. The molecule has 10 nitrogen and oxygen atoms in total. The highest BCUT2D eigenvalue weighted by Crippen LogP contribution is 2.38. The van der Waals surface area contributed by atoms with E-state index in [0.29, 0.717) is 11.6 Å². The van der Waals surface area contributed by atoms with E-state index in [4.69, 9.17) is 10.2 Å². The van der Waals surface area contributed by atoms with Crippen molar-refractivity contribution < 1.29 is 0 Å². The first kappa shape index (κ1) is 18.6. The first-order chi connectivity index (χ1) is 16.3. The fourth-order valence-electron chi connectivity index (χ4n) is 3.35. The molecule has 7 rings (SSSR count). The van der Waals surface area contributed by atoms with Gasteiger partial charge in [-0.3, -0.25) is 9.97 Å². The average Bonchev–Trinajstić information content (AvgIpc) is 3.65. The van der Waals surface area contributed by atoms with Crippen molar-refractivity contribution in [1.82, 2.24) is 49.6 Å². The highest BCUT2D eigenvalue weighted by molar-refractivity contribution is 7.28. The van der Waals surface area contributed by atoms with Gasteiger partial charge in [-0.1, -0.05) is 22.7 Å². The highest BCUT2D eigenvalue weighted by atomic mass is 32.1. The number of thiophene rings is 1. The lowest BCUT2D eigenvalue weighted by molar-refractivity contribution is 0.970. The fraction of sp³-hybridized carbons (Fsp3) is 0. The molecule has 0 spiro atoms. The van der Waals surface area contributed by atoms with Gasteiger partial charge < -0.3 is 0 Å². The second-order valence-electron chi connectivity index (χ2n) is 6.90. The van der Waals surface area contributed by atoms with E-state index in [1.54, 1.807) is 45.2 Å². The van der Waals surface area contributed by atoms with Crippen LogP contribution in [0.1, 0.15) is 0 Å². The maximum Gasteiger partial charge on any atom is 0.235 e. The van der Waals surface area contributed by atoms with Crippen LogP contribution in [0.4, 0.5) is 0 Å². The van der Waals surface area contributed by atoms with E-state index in [0.717, 1.165) is 40.8 Å². The third kappa shape index (κ3) is 3.05. The van der Waals surface area contributed by atoms with Crippen molar-refractivity contribution in [2.75, 3.05) is 0 Å². The third-order valence-corrected chi connectivity index (χ3v) is 8.07. The van der Waals surface area contributed by atoms with Crippen LogP contribution in [0.2, 0.25) is 0 Å². The summed E-state index contributed by atoms with van der Waals surface area (Å²) in [7, 11) is 0. The third-order valence-electron chi connectivity index (χ3n) is 4.85. The summed E-state index contributed by atoms with van der Waals surface area (Å²) in [5.41, 5.74) is 1.75. The van der Waals surface area contributed by atoms with Crippen molar-refractivity contribution in [3.63, 3.8) is 0 Å². The minimum Gasteiger partial charge on any atom is -0.264 e. The van der Waals surface area contributed by atoms with Crippen molar-refractivity contribution in [2.24, 2.45) is 0 Å². The summed E-state index contributed by atoms with van der Waals surface area (Å²) in [5.74, 6) is 1.35. The summed E-state index contributed by atoms with van der Waals surface area (Å²) >= 11 is 4.62. The molecule has 7 aromatic rings. The summed E-state index contributed by atoms with van der Waals surface area (Å²) in [4.78, 5) is 11.9. The molecule has 33 heavy (non-hydrogen) atoms. The van der Waals surface area contributed by atoms with E-state index in [1.165, 1.54) is 22.7 Å². The Balaban J connectivity index is 1.25. The van der Waals surface area contributed by atoms with Crippen molar-refractivity contribution in [2.45, 2.75) is 0 Å². The molecule has 0 N–H and O–H groups in total. The van der Waals surface area contributed by atoms with Gasteiger partial charge in [0.1, 0.15) is 0 Å². The van der Waals surface area contributed by atoms with Crippen LogP contribution < -0.4 is 0 Å². The number of rotatable bonds is 4. The Morgan fingerprint density at radius 1 is 0.576 bits per heavy atom. The molecule has 158 valence electrons. The molecule has 0 radical (unpaired) electrons. The molecule has 7 heterocycles. The summed E-state index contributed by atoms with van der Waals surface area (Å²) in [6, 6.07) is 11.7. The first-order valence-electron chi connectivity index (χ1n) is 9.69. The molecular formula is C20H10N10S3. The zero-order valence-electron chi connectivity index (χ0n) is 16.5. The van der Waals surface area contributed by atoms with Crippen LogP contribution >= 0.6 is 34.0 Å². The predicted molar refractivity (Wildman–Crippen MR) is 126 cm³/mol. The predicted octanol–water partition coefficient (Wildman–Crippen LogP) is 4.20. The monoisotopic (exact) mass is 486 g/mol. The number of hydrogen-bond donors (Lipinski definition) is 0. The van der Waals surface area contributed by atoms with Gasteiger partial charge in [-0.05, 0) is 36.4 Å². The number of nitrogens with zero attached hydrogens (tertiary/aromatic N) is 10. The van der Waals surface area contributed by atoms with Gasteiger partial charge in [0.25, 0.3) is 0 Å². The maximum atomic E-state index is 4.75. The van der Waals surface area contributed by atoms with Crippen LogP contribution in [0.5, 0.6) is 0 Å². The highest BCUT2D eigenvalue weighted by Gasteiger charge is 2.19. The van der Waals surface area contributed by atoms with Gasteiger partial charge in [0.05, 0.1) is 9.75 Å². The second-order valence-corrected chi connectivity index (χ2v) is 9.89. The lowest BCUT2D eigenvalue weighted by Gasteiger charge is -1.95. The van der Waals surface area contributed by atoms with Crippen molar-refractivity contribution in [3.8, 4) is 42.5 Å². The van der Waals surface area contributed by atoms with Gasteiger partial charge in [-0.15, -0.1) is 31.7 Å². The molecule has 0 aliphatic rings. The molecular weight excluding hydrogens is 476 g/mol. The Kier molecular flexibility index (Phi) is 4.12. The average molecular weight is 487 g/mol. The van der Waals surface area contributed by atoms with E-state index in [9.17, 15) is 0 Å². The summed E-state index contributed by atoms with van der Waals surface area (Å²) < 4.78 is 3.53. The Morgan fingerprint density at radius 3 is 1.55 bits per heavy atom. The molecule has 0 fully saturated rings. The van der Waals surface area contributed by atoms with Crippen LogP contribution in [-0.2, 0) is 0 Å². The molecule has 0 aliphatic heterocycles. The van der Waals surface area contributed by atoms with Crippen LogP contribution in [0, 0.1) is 0 Å².